The van der Waals surface area contributed by atoms with Crippen LogP contribution < -0.4 is 15.4 Å². The normalized spacial score (nSPS) is 13.6. The highest BCUT2D eigenvalue weighted by Gasteiger charge is 2.22. The first-order chi connectivity index (χ1) is 16.4. The van der Waals surface area contributed by atoms with Crippen molar-refractivity contribution in [3.63, 3.8) is 0 Å². The molecule has 1 amide bonds. The van der Waals surface area contributed by atoms with Gasteiger partial charge in [0.05, 0.1) is 11.7 Å². The van der Waals surface area contributed by atoms with Crippen LogP contribution in [0.25, 0.3) is 0 Å². The van der Waals surface area contributed by atoms with Crippen LogP contribution in [0.2, 0.25) is 0 Å². The Labute approximate surface area is 202 Å². The molecule has 1 aliphatic rings. The molecule has 2 aromatic rings. The first kappa shape index (κ1) is 27.0. The Kier molecular flexibility index (Phi) is 11.3. The summed E-state index contributed by atoms with van der Waals surface area (Å²) < 4.78 is 10.8. The zero-order chi connectivity index (χ0) is 24.9. The number of nitrogens with zero attached hydrogens (tertiary/aromatic N) is 3. The van der Waals surface area contributed by atoms with Crippen LogP contribution >= 0.6 is 0 Å². The molecule has 0 aliphatic carbocycles. The second-order valence-corrected chi connectivity index (χ2v) is 8.41. The van der Waals surface area contributed by atoms with E-state index in [1.165, 1.54) is 12.5 Å². The molecule has 1 aliphatic heterocycles. The number of piperidine rings is 1. The number of aromatic nitrogens is 2. The molecule has 34 heavy (non-hydrogen) atoms. The van der Waals surface area contributed by atoms with Crippen LogP contribution in [0.5, 0.6) is 5.88 Å². The highest BCUT2D eigenvalue weighted by molar-refractivity contribution is 5.88. The maximum atomic E-state index is 10.9. The van der Waals surface area contributed by atoms with E-state index < -0.39 is 0 Å². The average Bonchev–Trinajstić information content (AvgIpc) is 2.85. The third-order valence-corrected chi connectivity index (χ3v) is 5.43. The van der Waals surface area contributed by atoms with Gasteiger partial charge in [-0.25, -0.2) is 9.97 Å². The summed E-state index contributed by atoms with van der Waals surface area (Å²) in [5.41, 5.74) is 3.58. The van der Waals surface area contributed by atoms with Gasteiger partial charge in [0.25, 0.3) is 0 Å². The molecular weight excluding hydrogens is 432 g/mol. The quantitative estimate of drug-likeness (QED) is 0.349. The van der Waals surface area contributed by atoms with E-state index in [9.17, 15) is 4.79 Å². The number of hydrogen-bond acceptors (Lipinski definition) is 8. The van der Waals surface area contributed by atoms with Crippen molar-refractivity contribution in [1.29, 1.82) is 5.41 Å². The zero-order valence-corrected chi connectivity index (χ0v) is 20.9. The zero-order valence-electron chi connectivity index (χ0n) is 20.9. The number of hydrogen-bond donors (Lipinski definition) is 3. The lowest BCUT2D eigenvalue weighted by Crippen LogP contribution is -2.37. The van der Waals surface area contributed by atoms with Crippen molar-refractivity contribution in [3.05, 3.63) is 35.7 Å². The Bertz CT molecular complexity index is 914. The van der Waals surface area contributed by atoms with Gasteiger partial charge in [-0.15, -0.1) is 0 Å². The van der Waals surface area contributed by atoms with Gasteiger partial charge in [-0.05, 0) is 51.0 Å². The molecule has 0 saturated carbocycles. The second kappa shape index (κ2) is 14.1. The van der Waals surface area contributed by atoms with E-state index in [0.717, 1.165) is 49.2 Å². The molecule has 3 N–H and O–H groups in total. The predicted molar refractivity (Wildman–Crippen MR) is 137 cm³/mol. The highest BCUT2D eigenvalue weighted by Crippen LogP contribution is 2.28. The third-order valence-electron chi connectivity index (χ3n) is 5.43. The first-order valence-electron chi connectivity index (χ1n) is 11.8. The highest BCUT2D eigenvalue weighted by atomic mass is 16.5. The fourth-order valence-electron chi connectivity index (χ4n) is 3.27. The minimum absolute atomic E-state index is 0.0293. The van der Waals surface area contributed by atoms with Crippen LogP contribution in [-0.2, 0) is 9.53 Å². The smallest absolute Gasteiger partial charge is 0.227 e. The van der Waals surface area contributed by atoms with Crippen molar-refractivity contribution in [2.45, 2.75) is 59.2 Å². The van der Waals surface area contributed by atoms with Gasteiger partial charge in [0.15, 0.2) is 0 Å². The molecule has 0 spiro atoms. The fourth-order valence-corrected chi connectivity index (χ4v) is 3.27. The summed E-state index contributed by atoms with van der Waals surface area (Å²) in [5, 5.41) is 14.5. The summed E-state index contributed by atoms with van der Waals surface area (Å²) in [6.07, 6.45) is 6.44. The molecule has 9 nitrogen and oxygen atoms in total. The molecule has 0 atom stereocenters. The number of carbonyl (C=O) groups is 1. The fraction of sp³-hybridized carbons (Fsp3) is 0.520. The molecule has 2 heterocycles. The van der Waals surface area contributed by atoms with Crippen LogP contribution in [0.15, 0.2) is 24.5 Å². The van der Waals surface area contributed by atoms with E-state index in [-0.39, 0.29) is 6.10 Å². The number of rotatable bonds is 10. The van der Waals surface area contributed by atoms with E-state index in [1.54, 1.807) is 12.0 Å². The number of likely N-dealkylation sites (tertiary alicyclic amines) is 1. The standard InChI is InChI=1S/C21H28N6O2.C4H10O/c1-3-8-23-16-4-5-19(15(2)11-16)26-20-18(12-22)21(25-13-24-20)29-17-6-9-27(14-28)10-7-17;1-4(2)5-3/h4-5,11-14,17,22-23H,3,6-10H2,1-2H3,(H,24,25,26);4H,1-3H3. The first-order valence-corrected chi connectivity index (χ1v) is 11.8. The summed E-state index contributed by atoms with van der Waals surface area (Å²) in [7, 11) is 1.70. The number of nitrogens with one attached hydrogen (secondary N) is 3. The van der Waals surface area contributed by atoms with Crippen LogP contribution in [0.4, 0.5) is 17.2 Å². The summed E-state index contributed by atoms with van der Waals surface area (Å²) in [6, 6.07) is 6.11. The van der Waals surface area contributed by atoms with E-state index >= 15 is 0 Å². The van der Waals surface area contributed by atoms with Gasteiger partial charge >= 0.3 is 0 Å². The van der Waals surface area contributed by atoms with E-state index in [4.69, 9.17) is 14.9 Å². The van der Waals surface area contributed by atoms with Crippen molar-refractivity contribution >= 4 is 29.8 Å². The number of methoxy groups -OCH3 is 1. The molecule has 1 saturated heterocycles. The van der Waals surface area contributed by atoms with Gasteiger partial charge in [0.1, 0.15) is 18.2 Å². The van der Waals surface area contributed by atoms with Gasteiger partial charge in [-0.1, -0.05) is 6.92 Å². The van der Waals surface area contributed by atoms with Gasteiger partial charge in [0, 0.05) is 57.2 Å². The Morgan fingerprint density at radius 1 is 1.26 bits per heavy atom. The molecule has 9 heteroatoms. The lowest BCUT2D eigenvalue weighted by Gasteiger charge is -2.29. The third kappa shape index (κ3) is 8.30. The Morgan fingerprint density at radius 3 is 2.53 bits per heavy atom. The van der Waals surface area contributed by atoms with E-state index in [2.05, 4.69) is 33.6 Å². The maximum absolute atomic E-state index is 10.9. The minimum atomic E-state index is -0.0293. The Balaban J connectivity index is 0.000000739. The Hall–Kier alpha value is -3.20. The molecule has 1 aromatic heterocycles. The topological polar surface area (TPSA) is 112 Å². The maximum Gasteiger partial charge on any atom is 0.227 e. The molecule has 1 aromatic carbocycles. The van der Waals surface area contributed by atoms with Crippen molar-refractivity contribution in [1.82, 2.24) is 14.9 Å². The second-order valence-electron chi connectivity index (χ2n) is 8.41. The summed E-state index contributed by atoms with van der Waals surface area (Å²) in [5.74, 6) is 0.925. The molecule has 0 radical (unpaired) electrons. The number of amides is 1. The predicted octanol–water partition coefficient (Wildman–Crippen LogP) is 4.39. The van der Waals surface area contributed by atoms with Gasteiger partial charge in [-0.3, -0.25) is 4.79 Å². The number of carbonyl (C=O) groups excluding carboxylic acids is 1. The number of aryl methyl sites for hydroxylation is 1. The lowest BCUT2D eigenvalue weighted by atomic mass is 10.1. The molecule has 0 bridgehead atoms. The van der Waals surface area contributed by atoms with Crippen LogP contribution in [-0.4, -0.2) is 66.4 Å². The minimum Gasteiger partial charge on any atom is -0.474 e. The van der Waals surface area contributed by atoms with Crippen LogP contribution in [0.1, 0.15) is 51.2 Å². The molecular formula is C25H38N6O3. The van der Waals surface area contributed by atoms with Gasteiger partial charge < -0.3 is 30.4 Å². The van der Waals surface area contributed by atoms with E-state index in [1.807, 2.05) is 32.9 Å². The molecule has 3 rings (SSSR count). The lowest BCUT2D eigenvalue weighted by molar-refractivity contribution is -0.119. The molecule has 186 valence electrons. The van der Waals surface area contributed by atoms with E-state index in [0.29, 0.717) is 36.5 Å². The largest absolute Gasteiger partial charge is 0.474 e. The SMILES string of the molecule is CCCNc1ccc(Nc2ncnc(OC3CCN(C=O)CC3)c2C=N)c(C)c1.COC(C)C. The van der Waals surface area contributed by atoms with Crippen molar-refractivity contribution in [2.75, 3.05) is 37.4 Å². The molecule has 1 fully saturated rings. The van der Waals surface area contributed by atoms with Crippen LogP contribution in [0.3, 0.4) is 0 Å². The van der Waals surface area contributed by atoms with Gasteiger partial charge in [0.2, 0.25) is 12.3 Å². The summed E-state index contributed by atoms with van der Waals surface area (Å²) >= 11 is 0. The number of ether oxygens (including phenoxy) is 2. The van der Waals surface area contributed by atoms with Crippen LogP contribution in [0, 0.1) is 12.3 Å². The monoisotopic (exact) mass is 470 g/mol. The molecule has 0 unspecified atom stereocenters. The Morgan fingerprint density at radius 2 is 1.97 bits per heavy atom. The number of benzene rings is 1. The van der Waals surface area contributed by atoms with Crippen molar-refractivity contribution in [2.24, 2.45) is 0 Å². The van der Waals surface area contributed by atoms with Crippen molar-refractivity contribution in [3.8, 4) is 5.88 Å². The van der Waals surface area contributed by atoms with Gasteiger partial charge in [-0.2, -0.15) is 0 Å². The average molecular weight is 471 g/mol. The number of anilines is 3. The van der Waals surface area contributed by atoms with Crippen molar-refractivity contribution < 1.29 is 14.3 Å². The summed E-state index contributed by atoms with van der Waals surface area (Å²) in [4.78, 5) is 21.2. The summed E-state index contributed by atoms with van der Waals surface area (Å²) in [6.45, 7) is 10.4.